The lowest BCUT2D eigenvalue weighted by atomic mass is 10.1. The van der Waals surface area contributed by atoms with Crippen molar-refractivity contribution in [3.63, 3.8) is 0 Å². The molecule has 0 aromatic heterocycles. The van der Waals surface area contributed by atoms with E-state index in [1.807, 2.05) is 42.5 Å². The summed E-state index contributed by atoms with van der Waals surface area (Å²) in [6.45, 7) is 0. The molecule has 0 heterocycles. The minimum absolute atomic E-state index is 0.515. The zero-order valence-electron chi connectivity index (χ0n) is 9.27. The summed E-state index contributed by atoms with van der Waals surface area (Å²) in [7, 11) is 0.515. The Labute approximate surface area is 105 Å². The Morgan fingerprint density at radius 1 is 0.882 bits per heavy atom. The molecule has 0 aliphatic heterocycles. The van der Waals surface area contributed by atoms with Crippen LogP contribution in [0.2, 0.25) is 0 Å². The molecule has 0 N–H and O–H groups in total. The van der Waals surface area contributed by atoms with Crippen LogP contribution in [-0.2, 0) is 0 Å². The Morgan fingerprint density at radius 3 is 2.41 bits per heavy atom. The predicted molar refractivity (Wildman–Crippen MR) is 73.1 cm³/mol. The standard InChI is InChI=1S/C16H10Si/c1-2-14-7-6-8-15(13-14)11-12-17-16-9-4-3-5-10-16/h1,3-10,13H. The van der Waals surface area contributed by atoms with Gasteiger partial charge in [0.1, 0.15) is 0 Å². The predicted octanol–water partition coefficient (Wildman–Crippen LogP) is 2.01. The Hall–Kier alpha value is -2.22. The fraction of sp³-hybridized carbons (Fsp3) is 0. The van der Waals surface area contributed by atoms with Crippen LogP contribution in [-0.4, -0.2) is 9.52 Å². The fourth-order valence-electron chi connectivity index (χ4n) is 1.38. The largest absolute Gasteiger partial charge is 0.187 e. The van der Waals surface area contributed by atoms with E-state index in [0.717, 1.165) is 11.1 Å². The molecule has 0 fully saturated rings. The molecule has 2 radical (unpaired) electrons. The first-order valence-corrected chi connectivity index (χ1v) is 6.27. The van der Waals surface area contributed by atoms with E-state index in [4.69, 9.17) is 6.42 Å². The maximum absolute atomic E-state index is 5.34. The minimum atomic E-state index is 0.515. The van der Waals surface area contributed by atoms with Crippen molar-refractivity contribution < 1.29 is 0 Å². The maximum atomic E-state index is 5.34. The van der Waals surface area contributed by atoms with Crippen LogP contribution in [0.1, 0.15) is 11.1 Å². The van der Waals surface area contributed by atoms with Crippen LogP contribution in [0.3, 0.4) is 0 Å². The molecular weight excluding hydrogens is 220 g/mol. The molecule has 0 spiro atoms. The highest BCUT2D eigenvalue weighted by Gasteiger charge is 1.90. The first-order chi connectivity index (χ1) is 8.38. The Bertz CT molecular complexity index is 595. The third-order valence-electron chi connectivity index (χ3n) is 2.22. The molecule has 0 unspecified atom stereocenters. The lowest BCUT2D eigenvalue weighted by Gasteiger charge is -1.92. The van der Waals surface area contributed by atoms with Crippen LogP contribution in [0.5, 0.6) is 0 Å². The lowest BCUT2D eigenvalue weighted by molar-refractivity contribution is 1.60. The monoisotopic (exact) mass is 230 g/mol. The van der Waals surface area contributed by atoms with Crippen LogP contribution in [0, 0.1) is 23.8 Å². The summed E-state index contributed by atoms with van der Waals surface area (Å²) < 4.78 is 0. The average molecular weight is 230 g/mol. The highest BCUT2D eigenvalue weighted by atomic mass is 28.2. The second-order valence-electron chi connectivity index (χ2n) is 3.47. The molecule has 1 heteroatoms. The van der Waals surface area contributed by atoms with Gasteiger partial charge in [0, 0.05) is 11.1 Å². The first-order valence-electron chi connectivity index (χ1n) is 5.27. The molecule has 0 nitrogen and oxygen atoms in total. The van der Waals surface area contributed by atoms with Crippen molar-refractivity contribution in [3.05, 3.63) is 65.7 Å². The number of benzene rings is 2. The number of hydrogen-bond acceptors (Lipinski definition) is 0. The fourth-order valence-corrected chi connectivity index (χ4v) is 2.09. The molecule has 0 amide bonds. The van der Waals surface area contributed by atoms with E-state index >= 15 is 0 Å². The molecule has 0 aliphatic carbocycles. The average Bonchev–Trinajstić information content (AvgIpc) is 2.40. The smallest absolute Gasteiger partial charge is 0.124 e. The molecule has 0 atom stereocenters. The second kappa shape index (κ2) is 5.75. The summed E-state index contributed by atoms with van der Waals surface area (Å²) in [5, 5.41) is 1.26. The number of rotatable bonds is 1. The van der Waals surface area contributed by atoms with Crippen molar-refractivity contribution in [3.8, 4) is 23.8 Å². The van der Waals surface area contributed by atoms with Gasteiger partial charge in [-0.25, -0.2) is 0 Å². The van der Waals surface area contributed by atoms with Crippen LogP contribution in [0.25, 0.3) is 0 Å². The van der Waals surface area contributed by atoms with E-state index in [-0.39, 0.29) is 0 Å². The molecule has 2 rings (SSSR count). The van der Waals surface area contributed by atoms with Crippen LogP contribution in [0.15, 0.2) is 54.6 Å². The lowest BCUT2D eigenvalue weighted by Crippen LogP contribution is -2.10. The van der Waals surface area contributed by atoms with Crippen molar-refractivity contribution in [2.45, 2.75) is 0 Å². The minimum Gasteiger partial charge on any atom is -0.124 e. The van der Waals surface area contributed by atoms with Gasteiger partial charge < -0.3 is 0 Å². The highest BCUT2D eigenvalue weighted by molar-refractivity contribution is 6.61. The molecule has 0 saturated carbocycles. The van der Waals surface area contributed by atoms with E-state index in [1.165, 1.54) is 5.19 Å². The van der Waals surface area contributed by atoms with Gasteiger partial charge in [-0.3, -0.25) is 0 Å². The van der Waals surface area contributed by atoms with Gasteiger partial charge in [0.25, 0.3) is 0 Å². The highest BCUT2D eigenvalue weighted by Crippen LogP contribution is 2.01. The quantitative estimate of drug-likeness (QED) is 0.519. The summed E-state index contributed by atoms with van der Waals surface area (Å²) in [5.41, 5.74) is 5.03. The van der Waals surface area contributed by atoms with E-state index < -0.39 is 0 Å². The SMILES string of the molecule is C#Cc1cccc(C#C[Si]c2ccccc2)c1. The molecule has 17 heavy (non-hydrogen) atoms. The first kappa shape index (κ1) is 11.3. The van der Waals surface area contributed by atoms with Gasteiger partial charge in [-0.1, -0.05) is 48.2 Å². The Balaban J connectivity index is 2.09. The normalized spacial score (nSPS) is 8.88. The van der Waals surface area contributed by atoms with E-state index in [9.17, 15) is 0 Å². The molecule has 0 bridgehead atoms. The number of hydrogen-bond donors (Lipinski definition) is 0. The van der Waals surface area contributed by atoms with Gasteiger partial charge in [-0.05, 0) is 23.4 Å². The van der Waals surface area contributed by atoms with Gasteiger partial charge in [0.2, 0.25) is 0 Å². The number of terminal acetylenes is 1. The van der Waals surface area contributed by atoms with Gasteiger partial charge in [0.15, 0.2) is 9.52 Å². The summed E-state index contributed by atoms with van der Waals surface area (Å²) >= 11 is 0. The van der Waals surface area contributed by atoms with Crippen LogP contribution in [0.4, 0.5) is 0 Å². The summed E-state index contributed by atoms with van der Waals surface area (Å²) in [6.07, 6.45) is 5.34. The molecule has 78 valence electrons. The molecular formula is C16H10Si. The van der Waals surface area contributed by atoms with Crippen molar-refractivity contribution in [1.82, 2.24) is 0 Å². The molecule has 2 aromatic rings. The van der Waals surface area contributed by atoms with Gasteiger partial charge in [-0.2, -0.15) is 0 Å². The zero-order valence-corrected chi connectivity index (χ0v) is 10.3. The molecule has 2 aromatic carbocycles. The van der Waals surface area contributed by atoms with Crippen molar-refractivity contribution >= 4 is 14.7 Å². The topological polar surface area (TPSA) is 0 Å². The van der Waals surface area contributed by atoms with Crippen LogP contribution >= 0.6 is 0 Å². The third-order valence-corrected chi connectivity index (χ3v) is 3.09. The summed E-state index contributed by atoms with van der Waals surface area (Å²) in [6, 6.07) is 18.0. The Morgan fingerprint density at radius 2 is 1.65 bits per heavy atom. The second-order valence-corrected chi connectivity index (χ2v) is 4.54. The van der Waals surface area contributed by atoms with Gasteiger partial charge in [-0.15, -0.1) is 12.0 Å². The summed E-state index contributed by atoms with van der Waals surface area (Å²) in [4.78, 5) is 0. The summed E-state index contributed by atoms with van der Waals surface area (Å²) in [5.74, 6) is 5.74. The van der Waals surface area contributed by atoms with E-state index in [2.05, 4.69) is 29.5 Å². The van der Waals surface area contributed by atoms with E-state index in [1.54, 1.807) is 0 Å². The maximum Gasteiger partial charge on any atom is 0.187 e. The van der Waals surface area contributed by atoms with Crippen molar-refractivity contribution in [2.24, 2.45) is 0 Å². The molecule has 0 saturated heterocycles. The third kappa shape index (κ3) is 3.38. The van der Waals surface area contributed by atoms with Crippen LogP contribution < -0.4 is 5.19 Å². The van der Waals surface area contributed by atoms with Crippen molar-refractivity contribution in [1.29, 1.82) is 0 Å². The Kier molecular flexibility index (Phi) is 3.81. The van der Waals surface area contributed by atoms with Gasteiger partial charge >= 0.3 is 0 Å². The van der Waals surface area contributed by atoms with Gasteiger partial charge in [0.05, 0.1) is 0 Å². The van der Waals surface area contributed by atoms with Crippen molar-refractivity contribution in [2.75, 3.05) is 0 Å². The molecule has 0 aliphatic rings. The van der Waals surface area contributed by atoms with E-state index in [0.29, 0.717) is 9.52 Å². The zero-order chi connectivity index (χ0) is 11.9.